The van der Waals surface area contributed by atoms with Crippen LogP contribution in [-0.2, 0) is 4.74 Å². The van der Waals surface area contributed by atoms with Crippen molar-refractivity contribution in [2.75, 3.05) is 6.61 Å². The van der Waals surface area contributed by atoms with E-state index in [4.69, 9.17) is 4.74 Å². The van der Waals surface area contributed by atoms with Crippen molar-refractivity contribution in [3.05, 3.63) is 0 Å². The first-order valence-electron chi connectivity index (χ1n) is 18.1. The first kappa shape index (κ1) is 37.9. The lowest BCUT2D eigenvalue weighted by Crippen LogP contribution is -2.24. The number of hydrogen-bond donors (Lipinski definition) is 1. The summed E-state index contributed by atoms with van der Waals surface area (Å²) in [5.74, 6) is 0.341. The summed E-state index contributed by atoms with van der Waals surface area (Å²) in [6.07, 6.45) is 39.9. The third-order valence-corrected chi connectivity index (χ3v) is 8.55. The molecular formula is C36H74O2. The monoisotopic (exact) mass is 539 g/mol. The van der Waals surface area contributed by atoms with E-state index in [0.29, 0.717) is 5.92 Å². The quantitative estimate of drug-likeness (QED) is 0.0665. The zero-order chi connectivity index (χ0) is 27.8. The lowest BCUT2D eigenvalue weighted by atomic mass is 9.93. The predicted octanol–water partition coefficient (Wildman–Crippen LogP) is 12.7. The maximum Gasteiger partial charge on any atom is 0.157 e. The average Bonchev–Trinajstić information content (AvgIpc) is 2.92. The van der Waals surface area contributed by atoms with Crippen molar-refractivity contribution in [1.82, 2.24) is 0 Å². The van der Waals surface area contributed by atoms with Crippen LogP contribution in [0.2, 0.25) is 0 Å². The van der Waals surface area contributed by atoms with Crippen LogP contribution in [0.4, 0.5) is 0 Å². The summed E-state index contributed by atoms with van der Waals surface area (Å²) < 4.78 is 5.98. The van der Waals surface area contributed by atoms with E-state index >= 15 is 0 Å². The highest BCUT2D eigenvalue weighted by Gasteiger charge is 2.19. The van der Waals surface area contributed by atoms with Crippen molar-refractivity contribution < 1.29 is 9.84 Å². The molecule has 0 aliphatic heterocycles. The van der Waals surface area contributed by atoms with E-state index in [2.05, 4.69) is 20.8 Å². The second-order valence-corrected chi connectivity index (χ2v) is 12.4. The van der Waals surface area contributed by atoms with Gasteiger partial charge in [0.2, 0.25) is 0 Å². The standard InChI is InChI=1S/C36H74O2/c1-4-7-10-13-16-18-19-20-21-22-23-25-28-31-34-38-36(37)35(32-29-26-15-12-9-6-3)33-30-27-24-17-14-11-8-5-2/h35-37H,4-34H2,1-3H3. The normalized spacial score (nSPS) is 13.3. The molecule has 0 aromatic carbocycles. The molecule has 0 spiro atoms. The number of hydrogen-bond acceptors (Lipinski definition) is 2. The van der Waals surface area contributed by atoms with Gasteiger partial charge < -0.3 is 9.84 Å². The molecule has 2 nitrogen and oxygen atoms in total. The van der Waals surface area contributed by atoms with Gasteiger partial charge in [0.25, 0.3) is 0 Å². The largest absolute Gasteiger partial charge is 0.368 e. The van der Waals surface area contributed by atoms with Gasteiger partial charge in [-0.05, 0) is 19.3 Å². The Balaban J connectivity index is 3.85. The number of aliphatic hydroxyl groups excluding tert-OH is 1. The van der Waals surface area contributed by atoms with Crippen LogP contribution in [0.3, 0.4) is 0 Å². The molecule has 2 atom stereocenters. The van der Waals surface area contributed by atoms with Crippen LogP contribution in [0.5, 0.6) is 0 Å². The van der Waals surface area contributed by atoms with Gasteiger partial charge in [0.1, 0.15) is 0 Å². The number of unbranched alkanes of at least 4 members (excludes halogenated alkanes) is 25. The summed E-state index contributed by atoms with van der Waals surface area (Å²) in [6.45, 7) is 7.61. The van der Waals surface area contributed by atoms with Crippen LogP contribution >= 0.6 is 0 Å². The van der Waals surface area contributed by atoms with E-state index in [1.165, 1.54) is 173 Å². The molecule has 0 fully saturated rings. The van der Waals surface area contributed by atoms with Crippen LogP contribution in [0.25, 0.3) is 0 Å². The Bertz CT molecular complexity index is 410. The van der Waals surface area contributed by atoms with Gasteiger partial charge in [-0.25, -0.2) is 0 Å². The summed E-state index contributed by atoms with van der Waals surface area (Å²) in [5.41, 5.74) is 0. The van der Waals surface area contributed by atoms with Crippen molar-refractivity contribution in [2.24, 2.45) is 5.92 Å². The molecule has 0 heterocycles. The van der Waals surface area contributed by atoms with Gasteiger partial charge in [0.05, 0.1) is 0 Å². The first-order valence-corrected chi connectivity index (χ1v) is 18.1. The van der Waals surface area contributed by atoms with E-state index in [-0.39, 0.29) is 0 Å². The molecule has 1 N–H and O–H groups in total. The molecular weight excluding hydrogens is 464 g/mol. The Morgan fingerprint density at radius 1 is 0.368 bits per heavy atom. The minimum absolute atomic E-state index is 0.341. The molecule has 0 aliphatic rings. The Hall–Kier alpha value is -0.0800. The highest BCUT2D eigenvalue weighted by atomic mass is 16.6. The number of ether oxygens (including phenoxy) is 1. The van der Waals surface area contributed by atoms with Crippen molar-refractivity contribution in [3.63, 3.8) is 0 Å². The summed E-state index contributed by atoms with van der Waals surface area (Å²) in [6, 6.07) is 0. The minimum atomic E-state index is -0.544. The zero-order valence-electron chi connectivity index (χ0n) is 26.9. The molecule has 0 saturated carbocycles. The average molecular weight is 539 g/mol. The lowest BCUT2D eigenvalue weighted by molar-refractivity contribution is -0.138. The molecule has 230 valence electrons. The van der Waals surface area contributed by atoms with Crippen LogP contribution in [0.1, 0.15) is 213 Å². The van der Waals surface area contributed by atoms with E-state index in [9.17, 15) is 5.11 Å². The Morgan fingerprint density at radius 2 is 0.632 bits per heavy atom. The van der Waals surface area contributed by atoms with E-state index < -0.39 is 6.29 Å². The smallest absolute Gasteiger partial charge is 0.157 e. The fraction of sp³-hybridized carbons (Fsp3) is 1.00. The molecule has 0 bridgehead atoms. The predicted molar refractivity (Wildman–Crippen MR) is 171 cm³/mol. The van der Waals surface area contributed by atoms with E-state index in [1.54, 1.807) is 0 Å². The Morgan fingerprint density at radius 3 is 0.947 bits per heavy atom. The van der Waals surface area contributed by atoms with Crippen LogP contribution in [-0.4, -0.2) is 18.0 Å². The Kier molecular flexibility index (Phi) is 33.1. The van der Waals surface area contributed by atoms with Gasteiger partial charge in [0.15, 0.2) is 6.29 Å². The molecule has 0 rings (SSSR count). The fourth-order valence-corrected chi connectivity index (χ4v) is 5.79. The zero-order valence-corrected chi connectivity index (χ0v) is 26.9. The Labute approximate surface area is 241 Å². The van der Waals surface area contributed by atoms with Crippen molar-refractivity contribution in [3.8, 4) is 0 Å². The van der Waals surface area contributed by atoms with Crippen molar-refractivity contribution in [2.45, 2.75) is 220 Å². The molecule has 0 amide bonds. The SMILES string of the molecule is CCCCCCCCCCCCCCCCOC(O)C(CCCCCCCC)CCCCCCCCCC. The van der Waals surface area contributed by atoms with E-state index in [0.717, 1.165) is 25.9 Å². The van der Waals surface area contributed by atoms with Crippen LogP contribution in [0, 0.1) is 5.92 Å². The van der Waals surface area contributed by atoms with E-state index in [1.807, 2.05) is 0 Å². The molecule has 0 aliphatic carbocycles. The molecule has 38 heavy (non-hydrogen) atoms. The minimum Gasteiger partial charge on any atom is -0.368 e. The maximum atomic E-state index is 10.8. The number of rotatable bonds is 33. The number of aliphatic hydroxyl groups is 1. The van der Waals surface area contributed by atoms with Crippen LogP contribution < -0.4 is 0 Å². The maximum absolute atomic E-state index is 10.8. The fourth-order valence-electron chi connectivity index (χ4n) is 5.79. The van der Waals surface area contributed by atoms with Gasteiger partial charge in [-0.2, -0.15) is 0 Å². The lowest BCUT2D eigenvalue weighted by Gasteiger charge is -2.23. The summed E-state index contributed by atoms with van der Waals surface area (Å²) >= 11 is 0. The summed E-state index contributed by atoms with van der Waals surface area (Å²) in [5, 5.41) is 10.8. The van der Waals surface area contributed by atoms with Gasteiger partial charge in [-0.3, -0.25) is 0 Å². The highest BCUT2D eigenvalue weighted by Crippen LogP contribution is 2.23. The van der Waals surface area contributed by atoms with Crippen molar-refractivity contribution in [1.29, 1.82) is 0 Å². The molecule has 0 saturated heterocycles. The summed E-state index contributed by atoms with van der Waals surface area (Å²) in [7, 11) is 0. The molecule has 0 aromatic heterocycles. The third kappa shape index (κ3) is 28.9. The summed E-state index contributed by atoms with van der Waals surface area (Å²) in [4.78, 5) is 0. The molecule has 2 heteroatoms. The van der Waals surface area contributed by atoms with Gasteiger partial charge in [-0.15, -0.1) is 0 Å². The van der Waals surface area contributed by atoms with Gasteiger partial charge in [0, 0.05) is 12.5 Å². The molecule has 0 aromatic rings. The second kappa shape index (κ2) is 33.1. The molecule has 0 radical (unpaired) electrons. The first-order chi connectivity index (χ1) is 18.8. The highest BCUT2D eigenvalue weighted by molar-refractivity contribution is 4.64. The second-order valence-electron chi connectivity index (χ2n) is 12.4. The van der Waals surface area contributed by atoms with Gasteiger partial charge in [-0.1, -0.05) is 194 Å². The molecule has 2 unspecified atom stereocenters. The van der Waals surface area contributed by atoms with Gasteiger partial charge >= 0.3 is 0 Å². The third-order valence-electron chi connectivity index (χ3n) is 8.55. The van der Waals surface area contributed by atoms with Crippen LogP contribution in [0.15, 0.2) is 0 Å². The topological polar surface area (TPSA) is 29.5 Å². The van der Waals surface area contributed by atoms with Crippen molar-refractivity contribution >= 4 is 0 Å².